The number of carbonyl (C=O) groups excluding carboxylic acids is 3. The highest BCUT2D eigenvalue weighted by Crippen LogP contribution is 2.35. The molecule has 0 aliphatic rings. The van der Waals surface area contributed by atoms with Crippen LogP contribution in [-0.4, -0.2) is 40.9 Å². The van der Waals surface area contributed by atoms with Gasteiger partial charge in [-0.15, -0.1) is 11.3 Å². The van der Waals surface area contributed by atoms with Gasteiger partial charge in [0.15, 0.2) is 0 Å². The first-order chi connectivity index (χ1) is 18.0. The molecule has 0 fully saturated rings. The Morgan fingerprint density at radius 3 is 1.95 bits per heavy atom. The minimum absolute atomic E-state index is 0.0421. The monoisotopic (exact) mass is 543 g/mol. The molecule has 1 N–H and O–H groups in total. The number of nitrogens with zero attached hydrogens (tertiary/aromatic N) is 2. The molecule has 0 unspecified atom stereocenters. The van der Waals surface area contributed by atoms with Crippen molar-refractivity contribution < 1.29 is 38.4 Å². The van der Waals surface area contributed by atoms with Gasteiger partial charge in [0.2, 0.25) is 0 Å². The Bertz CT molecular complexity index is 1380. The smallest absolute Gasteiger partial charge is 0.348 e. The number of amides is 1. The summed E-state index contributed by atoms with van der Waals surface area (Å²) in [6.07, 6.45) is 0. The van der Waals surface area contributed by atoms with E-state index in [-0.39, 0.29) is 45.7 Å². The number of thiophene rings is 1. The predicted molar refractivity (Wildman–Crippen MR) is 135 cm³/mol. The molecular weight excluding hydrogens is 522 g/mol. The van der Waals surface area contributed by atoms with Crippen LogP contribution in [0.1, 0.15) is 49.8 Å². The fraction of sp³-hybridized carbons (Fsp3) is 0.208. The van der Waals surface area contributed by atoms with E-state index in [1.165, 1.54) is 24.3 Å². The molecule has 0 radical (unpaired) electrons. The van der Waals surface area contributed by atoms with Crippen molar-refractivity contribution in [3.63, 3.8) is 0 Å². The second kappa shape index (κ2) is 11.9. The molecule has 14 heteroatoms. The van der Waals surface area contributed by atoms with Gasteiger partial charge in [-0.2, -0.15) is 0 Å². The van der Waals surface area contributed by atoms with Gasteiger partial charge in [-0.05, 0) is 50.6 Å². The lowest BCUT2D eigenvalue weighted by Gasteiger charge is -2.09. The summed E-state index contributed by atoms with van der Waals surface area (Å²) < 4.78 is 15.6. The predicted octanol–water partition coefficient (Wildman–Crippen LogP) is 5.27. The number of hydrogen-bond donors (Lipinski definition) is 1. The summed E-state index contributed by atoms with van der Waals surface area (Å²) in [4.78, 5) is 58.5. The summed E-state index contributed by atoms with van der Waals surface area (Å²) in [6.45, 7) is 5.04. The molecular formula is C24H21N3O10S. The van der Waals surface area contributed by atoms with Crippen molar-refractivity contribution >= 4 is 45.6 Å². The van der Waals surface area contributed by atoms with Crippen molar-refractivity contribution in [2.75, 3.05) is 18.5 Å². The van der Waals surface area contributed by atoms with E-state index in [1.54, 1.807) is 20.8 Å². The highest BCUT2D eigenvalue weighted by molar-refractivity contribution is 7.18. The molecule has 1 aromatic heterocycles. The highest BCUT2D eigenvalue weighted by Gasteiger charge is 2.27. The van der Waals surface area contributed by atoms with E-state index in [9.17, 15) is 34.6 Å². The molecule has 3 aromatic rings. The molecule has 0 saturated heterocycles. The van der Waals surface area contributed by atoms with Crippen molar-refractivity contribution in [2.24, 2.45) is 0 Å². The zero-order valence-electron chi connectivity index (χ0n) is 20.3. The van der Waals surface area contributed by atoms with Crippen LogP contribution in [0.25, 0.3) is 0 Å². The van der Waals surface area contributed by atoms with Crippen molar-refractivity contribution in [1.82, 2.24) is 0 Å². The average Bonchev–Trinajstić information content (AvgIpc) is 3.20. The van der Waals surface area contributed by atoms with Crippen LogP contribution in [0, 0.1) is 27.2 Å². The van der Waals surface area contributed by atoms with Crippen molar-refractivity contribution in [2.45, 2.75) is 20.8 Å². The third-order valence-electron chi connectivity index (χ3n) is 4.96. The number of hydrogen-bond acceptors (Lipinski definition) is 11. The van der Waals surface area contributed by atoms with Gasteiger partial charge >= 0.3 is 11.9 Å². The maximum Gasteiger partial charge on any atom is 0.348 e. The molecule has 0 aliphatic heterocycles. The number of carbonyl (C=O) groups is 3. The maximum absolute atomic E-state index is 12.9. The van der Waals surface area contributed by atoms with Crippen molar-refractivity contribution in [3.8, 4) is 11.5 Å². The molecule has 38 heavy (non-hydrogen) atoms. The molecule has 3 rings (SSSR count). The quantitative estimate of drug-likeness (QED) is 0.201. The van der Waals surface area contributed by atoms with Gasteiger partial charge in [-0.1, -0.05) is 0 Å². The zero-order valence-corrected chi connectivity index (χ0v) is 21.2. The fourth-order valence-electron chi connectivity index (χ4n) is 3.27. The Kier molecular flexibility index (Phi) is 8.70. The minimum Gasteiger partial charge on any atom is -0.462 e. The minimum atomic E-state index is -0.780. The summed E-state index contributed by atoms with van der Waals surface area (Å²) in [5.41, 5.74) is -0.523. The van der Waals surface area contributed by atoms with Gasteiger partial charge in [0.1, 0.15) is 21.4 Å². The fourth-order valence-corrected chi connectivity index (χ4v) is 4.35. The number of nitro groups is 2. The number of benzene rings is 2. The van der Waals surface area contributed by atoms with E-state index < -0.39 is 39.1 Å². The normalized spacial score (nSPS) is 10.4. The summed E-state index contributed by atoms with van der Waals surface area (Å²) in [6, 6.07) is 8.41. The summed E-state index contributed by atoms with van der Waals surface area (Å²) in [5.74, 6) is -1.93. The Morgan fingerprint density at radius 2 is 1.42 bits per heavy atom. The van der Waals surface area contributed by atoms with E-state index in [4.69, 9.17) is 14.2 Å². The van der Waals surface area contributed by atoms with E-state index in [1.807, 2.05) is 0 Å². The van der Waals surface area contributed by atoms with Crippen LogP contribution in [0.15, 0.2) is 42.5 Å². The first kappa shape index (κ1) is 27.7. The molecule has 0 spiro atoms. The van der Waals surface area contributed by atoms with E-state index in [0.717, 1.165) is 29.5 Å². The Morgan fingerprint density at radius 1 is 0.868 bits per heavy atom. The lowest BCUT2D eigenvalue weighted by atomic mass is 10.1. The molecule has 198 valence electrons. The van der Waals surface area contributed by atoms with Gasteiger partial charge < -0.3 is 19.5 Å². The standard InChI is InChI=1S/C24H21N3O10S/c1-4-35-23(29)19-13(3)20(24(30)36-5-2)38-22(19)25-21(28)14-6-8-17(9-7-14)37-18-11-15(26(31)32)10-16(12-18)27(33)34/h6-12H,4-5H2,1-3H3,(H,25,28). The van der Waals surface area contributed by atoms with Gasteiger partial charge in [0, 0.05) is 5.56 Å². The van der Waals surface area contributed by atoms with Crippen molar-refractivity contribution in [3.05, 3.63) is 84.3 Å². The van der Waals surface area contributed by atoms with Gasteiger partial charge in [-0.3, -0.25) is 25.0 Å². The molecule has 2 aromatic carbocycles. The molecule has 13 nitrogen and oxygen atoms in total. The first-order valence-electron chi connectivity index (χ1n) is 11.1. The van der Waals surface area contributed by atoms with Gasteiger partial charge in [0.05, 0.1) is 46.8 Å². The molecule has 1 amide bonds. The SMILES string of the molecule is CCOC(=O)c1sc(NC(=O)c2ccc(Oc3cc([N+](=O)[O-])cc([N+](=O)[O-])c3)cc2)c(C(=O)OCC)c1C. The van der Waals surface area contributed by atoms with Crippen LogP contribution >= 0.6 is 11.3 Å². The van der Waals surface area contributed by atoms with Crippen LogP contribution < -0.4 is 10.1 Å². The maximum atomic E-state index is 12.9. The summed E-state index contributed by atoms with van der Waals surface area (Å²) in [7, 11) is 0. The van der Waals surface area contributed by atoms with Crippen LogP contribution in [0.3, 0.4) is 0 Å². The number of non-ortho nitro benzene ring substituents is 2. The van der Waals surface area contributed by atoms with Crippen molar-refractivity contribution in [1.29, 1.82) is 0 Å². The lowest BCUT2D eigenvalue weighted by molar-refractivity contribution is -0.394. The average molecular weight is 544 g/mol. The van der Waals surface area contributed by atoms with E-state index >= 15 is 0 Å². The second-order valence-electron chi connectivity index (χ2n) is 7.48. The lowest BCUT2D eigenvalue weighted by Crippen LogP contribution is -2.15. The summed E-state index contributed by atoms with van der Waals surface area (Å²) >= 11 is 0.882. The zero-order chi connectivity index (χ0) is 28.0. The Labute approximate surface area is 219 Å². The number of nitro benzene ring substituents is 2. The third-order valence-corrected chi connectivity index (χ3v) is 6.15. The highest BCUT2D eigenvalue weighted by atomic mass is 32.1. The van der Waals surface area contributed by atoms with Crippen LogP contribution in [0.5, 0.6) is 11.5 Å². The number of nitrogens with one attached hydrogen (secondary N) is 1. The van der Waals surface area contributed by atoms with E-state index in [0.29, 0.717) is 5.56 Å². The van der Waals surface area contributed by atoms with Crippen LogP contribution in [0.2, 0.25) is 0 Å². The Balaban J connectivity index is 1.84. The van der Waals surface area contributed by atoms with Gasteiger partial charge in [-0.25, -0.2) is 9.59 Å². The summed E-state index contributed by atoms with van der Waals surface area (Å²) in [5, 5.41) is 24.9. The molecule has 0 aliphatic carbocycles. The van der Waals surface area contributed by atoms with E-state index in [2.05, 4.69) is 5.32 Å². The largest absolute Gasteiger partial charge is 0.462 e. The number of esters is 2. The number of ether oxygens (including phenoxy) is 3. The first-order valence-corrected chi connectivity index (χ1v) is 11.9. The van der Waals surface area contributed by atoms with Gasteiger partial charge in [0.25, 0.3) is 17.3 Å². The second-order valence-corrected chi connectivity index (χ2v) is 8.50. The molecule has 0 saturated carbocycles. The van der Waals surface area contributed by atoms with Crippen LogP contribution in [-0.2, 0) is 9.47 Å². The third kappa shape index (κ3) is 6.28. The molecule has 0 atom stereocenters. The number of anilines is 1. The van der Waals surface area contributed by atoms with Crippen LogP contribution in [0.4, 0.5) is 16.4 Å². The topological polar surface area (TPSA) is 177 Å². The Hall–Kier alpha value is -4.85. The molecule has 1 heterocycles. The molecule has 0 bridgehead atoms. The number of rotatable bonds is 10.